The second-order valence-electron chi connectivity index (χ2n) is 4.53. The molecule has 1 fully saturated rings. The van der Waals surface area contributed by atoms with E-state index in [0.29, 0.717) is 18.5 Å². The average molecular weight is 285 g/mol. The van der Waals surface area contributed by atoms with Crippen LogP contribution in [0.15, 0.2) is 29.2 Å². The summed E-state index contributed by atoms with van der Waals surface area (Å²) in [7, 11) is -2.88. The highest BCUT2D eigenvalue weighted by atomic mass is 32.2. The van der Waals surface area contributed by atoms with Gasteiger partial charge in [0.15, 0.2) is 9.84 Å². The molecule has 0 bridgehead atoms. The molecule has 1 aromatic rings. The van der Waals surface area contributed by atoms with Crippen molar-refractivity contribution in [2.45, 2.75) is 11.3 Å². The van der Waals surface area contributed by atoms with Crippen molar-refractivity contribution in [2.24, 2.45) is 5.92 Å². The van der Waals surface area contributed by atoms with Crippen LogP contribution in [0.3, 0.4) is 0 Å². The maximum Gasteiger partial charge on any atom is 0.251 e. The number of rotatable bonds is 3. The minimum atomic E-state index is -2.88. The maximum absolute atomic E-state index is 11.8. The first-order valence-corrected chi connectivity index (χ1v) is 8.01. The van der Waals surface area contributed by atoms with Gasteiger partial charge in [0.25, 0.3) is 5.91 Å². The van der Waals surface area contributed by atoms with Gasteiger partial charge in [-0.05, 0) is 36.6 Å². The van der Waals surface area contributed by atoms with Gasteiger partial charge < -0.3 is 5.32 Å². The monoisotopic (exact) mass is 285 g/mol. The Hall–Kier alpha value is -1.01. The van der Waals surface area contributed by atoms with E-state index in [9.17, 15) is 13.2 Å². The predicted octanol–water partition coefficient (Wildman–Crippen LogP) is 1.14. The average Bonchev–Trinajstić information content (AvgIpc) is 2.67. The molecule has 0 spiro atoms. The summed E-state index contributed by atoms with van der Waals surface area (Å²) in [6, 6.07) is 6.89. The quantitative estimate of drug-likeness (QED) is 0.819. The van der Waals surface area contributed by atoms with Gasteiger partial charge in [0.1, 0.15) is 0 Å². The molecular weight excluding hydrogens is 270 g/mol. The molecule has 0 aliphatic carbocycles. The Kier molecular flexibility index (Phi) is 3.97. The van der Waals surface area contributed by atoms with Crippen LogP contribution in [0, 0.1) is 5.92 Å². The summed E-state index contributed by atoms with van der Waals surface area (Å²) in [5, 5.41) is 2.77. The normalized spacial score (nSPS) is 21.7. The number of amides is 1. The van der Waals surface area contributed by atoms with Gasteiger partial charge in [0.05, 0.1) is 11.5 Å². The predicted molar refractivity (Wildman–Crippen MR) is 72.8 cm³/mol. The summed E-state index contributed by atoms with van der Waals surface area (Å²) < 4.78 is 22.5. The Morgan fingerprint density at radius 3 is 2.56 bits per heavy atom. The van der Waals surface area contributed by atoms with Gasteiger partial charge in [-0.15, -0.1) is 12.6 Å². The zero-order valence-corrected chi connectivity index (χ0v) is 11.5. The highest BCUT2D eigenvalue weighted by molar-refractivity contribution is 7.91. The zero-order valence-electron chi connectivity index (χ0n) is 9.80. The molecule has 0 saturated carbocycles. The SMILES string of the molecule is O=C(NCC1CCS(=O)(=O)C1)c1ccc(S)cc1. The first-order valence-electron chi connectivity index (χ1n) is 5.74. The van der Waals surface area contributed by atoms with Crippen molar-refractivity contribution in [1.82, 2.24) is 5.32 Å². The van der Waals surface area contributed by atoms with Crippen LogP contribution in [0.2, 0.25) is 0 Å². The number of carbonyl (C=O) groups excluding carboxylic acids is 1. The standard InChI is InChI=1S/C12H15NO3S2/c14-12(10-1-3-11(17)4-2-10)13-7-9-5-6-18(15,16)8-9/h1-4,9,17H,5-8H2,(H,13,14). The third-order valence-electron chi connectivity index (χ3n) is 3.01. The lowest BCUT2D eigenvalue weighted by Gasteiger charge is -2.09. The van der Waals surface area contributed by atoms with Crippen molar-refractivity contribution in [3.63, 3.8) is 0 Å². The molecule has 98 valence electrons. The molecule has 1 saturated heterocycles. The van der Waals surface area contributed by atoms with Crippen LogP contribution in [0.5, 0.6) is 0 Å². The lowest BCUT2D eigenvalue weighted by atomic mass is 10.1. The number of thiol groups is 1. The van der Waals surface area contributed by atoms with Crippen LogP contribution in [0.4, 0.5) is 0 Å². The third kappa shape index (κ3) is 3.49. The maximum atomic E-state index is 11.8. The van der Waals surface area contributed by atoms with Crippen LogP contribution < -0.4 is 5.32 Å². The molecule has 1 atom stereocenters. The van der Waals surface area contributed by atoms with E-state index in [1.165, 1.54) is 0 Å². The summed E-state index contributed by atoms with van der Waals surface area (Å²) in [4.78, 5) is 12.6. The van der Waals surface area contributed by atoms with Crippen molar-refractivity contribution < 1.29 is 13.2 Å². The van der Waals surface area contributed by atoms with Crippen molar-refractivity contribution in [2.75, 3.05) is 18.1 Å². The molecule has 0 radical (unpaired) electrons. The van der Waals surface area contributed by atoms with E-state index in [1.54, 1.807) is 24.3 Å². The minimum absolute atomic E-state index is 0.0445. The van der Waals surface area contributed by atoms with Gasteiger partial charge >= 0.3 is 0 Å². The summed E-state index contributed by atoms with van der Waals surface area (Å²) in [6.07, 6.45) is 0.637. The second kappa shape index (κ2) is 5.32. The molecule has 1 unspecified atom stereocenters. The highest BCUT2D eigenvalue weighted by Gasteiger charge is 2.27. The molecule has 1 aromatic carbocycles. The smallest absolute Gasteiger partial charge is 0.251 e. The van der Waals surface area contributed by atoms with Crippen LogP contribution in [0.1, 0.15) is 16.8 Å². The molecule has 1 aliphatic heterocycles. The number of benzene rings is 1. The fourth-order valence-electron chi connectivity index (χ4n) is 1.98. The second-order valence-corrected chi connectivity index (χ2v) is 7.27. The lowest BCUT2D eigenvalue weighted by molar-refractivity contribution is 0.0948. The van der Waals surface area contributed by atoms with Crippen LogP contribution >= 0.6 is 12.6 Å². The molecule has 1 amide bonds. The molecular formula is C12H15NO3S2. The van der Waals surface area contributed by atoms with Crippen LogP contribution in [0.25, 0.3) is 0 Å². The lowest BCUT2D eigenvalue weighted by Crippen LogP contribution is -2.29. The fraction of sp³-hybridized carbons (Fsp3) is 0.417. The molecule has 0 aromatic heterocycles. The number of nitrogens with one attached hydrogen (secondary N) is 1. The van der Waals surface area contributed by atoms with E-state index < -0.39 is 9.84 Å². The summed E-state index contributed by atoms with van der Waals surface area (Å²) in [5.41, 5.74) is 0.564. The Labute approximate surface area is 112 Å². The van der Waals surface area contributed by atoms with E-state index in [1.807, 2.05) is 0 Å². The first-order chi connectivity index (χ1) is 8.46. The molecule has 1 heterocycles. The van der Waals surface area contributed by atoms with E-state index in [0.717, 1.165) is 4.90 Å². The molecule has 1 aliphatic rings. The van der Waals surface area contributed by atoms with Crippen molar-refractivity contribution in [1.29, 1.82) is 0 Å². The number of hydrogen-bond donors (Lipinski definition) is 2. The van der Waals surface area contributed by atoms with E-state index in [2.05, 4.69) is 17.9 Å². The van der Waals surface area contributed by atoms with Gasteiger partial charge in [-0.1, -0.05) is 0 Å². The van der Waals surface area contributed by atoms with Gasteiger partial charge in [0, 0.05) is 17.0 Å². The molecule has 6 heteroatoms. The number of carbonyl (C=O) groups is 1. The van der Waals surface area contributed by atoms with E-state index in [4.69, 9.17) is 0 Å². The molecule has 2 rings (SSSR count). The summed E-state index contributed by atoms with van der Waals surface area (Å²) in [5.74, 6) is 0.292. The van der Waals surface area contributed by atoms with Crippen molar-refractivity contribution in [3.05, 3.63) is 29.8 Å². The Balaban J connectivity index is 1.87. The minimum Gasteiger partial charge on any atom is -0.352 e. The zero-order chi connectivity index (χ0) is 13.2. The largest absolute Gasteiger partial charge is 0.352 e. The number of hydrogen-bond acceptors (Lipinski definition) is 4. The van der Waals surface area contributed by atoms with E-state index >= 15 is 0 Å². The fourth-order valence-corrected chi connectivity index (χ4v) is 4.00. The summed E-state index contributed by atoms with van der Waals surface area (Å²) >= 11 is 4.14. The Morgan fingerprint density at radius 1 is 1.33 bits per heavy atom. The number of sulfone groups is 1. The van der Waals surface area contributed by atoms with Gasteiger partial charge in [-0.2, -0.15) is 0 Å². The van der Waals surface area contributed by atoms with Gasteiger partial charge in [-0.3, -0.25) is 4.79 Å². The van der Waals surface area contributed by atoms with Crippen molar-refractivity contribution in [3.8, 4) is 0 Å². The molecule has 1 N–H and O–H groups in total. The third-order valence-corrected chi connectivity index (χ3v) is 5.14. The topological polar surface area (TPSA) is 63.2 Å². The molecule has 18 heavy (non-hydrogen) atoms. The van der Waals surface area contributed by atoms with Crippen LogP contribution in [-0.4, -0.2) is 32.4 Å². The van der Waals surface area contributed by atoms with Gasteiger partial charge in [-0.25, -0.2) is 8.42 Å². The molecule has 4 nitrogen and oxygen atoms in total. The van der Waals surface area contributed by atoms with Crippen molar-refractivity contribution >= 4 is 28.4 Å². The van der Waals surface area contributed by atoms with E-state index in [-0.39, 0.29) is 23.3 Å². The Morgan fingerprint density at radius 2 is 2.00 bits per heavy atom. The van der Waals surface area contributed by atoms with Gasteiger partial charge in [0.2, 0.25) is 0 Å². The van der Waals surface area contributed by atoms with Crippen LogP contribution in [-0.2, 0) is 9.84 Å². The summed E-state index contributed by atoms with van der Waals surface area (Å²) in [6.45, 7) is 0.417. The highest BCUT2D eigenvalue weighted by Crippen LogP contribution is 2.17. The first kappa shape index (κ1) is 13.4. The Bertz CT molecular complexity index is 537.